The van der Waals surface area contributed by atoms with Gasteiger partial charge < -0.3 is 5.11 Å². The molecule has 0 saturated heterocycles. The van der Waals surface area contributed by atoms with Crippen LogP contribution in [0.15, 0.2) is 36.7 Å². The Morgan fingerprint density at radius 1 is 1.24 bits per heavy atom. The molecule has 87 valence electrons. The molecular weight excluding hydrogens is 212 g/mol. The van der Waals surface area contributed by atoms with Gasteiger partial charge >= 0.3 is 0 Å². The Labute approximate surface area is 101 Å². The summed E-state index contributed by atoms with van der Waals surface area (Å²) >= 11 is 0. The van der Waals surface area contributed by atoms with Gasteiger partial charge in [0.25, 0.3) is 0 Å². The molecule has 0 saturated carbocycles. The van der Waals surface area contributed by atoms with E-state index in [2.05, 4.69) is 16.2 Å². The fourth-order valence-electron chi connectivity index (χ4n) is 1.78. The fraction of sp³-hybridized carbons (Fsp3) is 0.286. The minimum atomic E-state index is -0.885. The number of rotatable bonds is 3. The molecule has 17 heavy (non-hydrogen) atoms. The van der Waals surface area contributed by atoms with Crippen molar-refractivity contribution in [3.8, 4) is 0 Å². The van der Waals surface area contributed by atoms with E-state index in [1.807, 2.05) is 24.3 Å². The summed E-state index contributed by atoms with van der Waals surface area (Å²) in [6.45, 7) is 3.52. The molecule has 3 nitrogen and oxygen atoms in total. The van der Waals surface area contributed by atoms with Gasteiger partial charge in [0.15, 0.2) is 0 Å². The third-order valence-corrected chi connectivity index (χ3v) is 2.58. The van der Waals surface area contributed by atoms with Gasteiger partial charge in [-0.25, -0.2) is 0 Å². The lowest BCUT2D eigenvalue weighted by atomic mass is 9.93. The first-order valence-corrected chi connectivity index (χ1v) is 5.56. The van der Waals surface area contributed by atoms with Crippen molar-refractivity contribution in [3.05, 3.63) is 59.7 Å². The minimum absolute atomic E-state index is 0.633. The van der Waals surface area contributed by atoms with Crippen LogP contribution in [-0.4, -0.2) is 15.1 Å². The van der Waals surface area contributed by atoms with Crippen molar-refractivity contribution in [2.45, 2.75) is 25.9 Å². The van der Waals surface area contributed by atoms with Crippen LogP contribution in [0.2, 0.25) is 0 Å². The molecule has 2 aromatic rings. The van der Waals surface area contributed by atoms with Gasteiger partial charge in [-0.05, 0) is 43.2 Å². The molecule has 0 bridgehead atoms. The van der Waals surface area contributed by atoms with E-state index in [4.69, 9.17) is 0 Å². The number of nitrogens with zero attached hydrogens (tertiary/aromatic N) is 2. The SMILES string of the molecule is CC(C)(O)c1ccn[c]c1Cc1ccccn1. The molecule has 0 amide bonds. The highest BCUT2D eigenvalue weighted by Crippen LogP contribution is 2.23. The van der Waals surface area contributed by atoms with E-state index in [1.54, 1.807) is 26.2 Å². The maximum Gasteiger partial charge on any atom is 0.0928 e. The standard InChI is InChI=1S/C14H15N2O/c1-14(2,17)13-6-8-15-10-11(13)9-12-5-3-4-7-16-12/h3-8,17H,9H2,1-2H3. The summed E-state index contributed by atoms with van der Waals surface area (Å²) in [6.07, 6.45) is 6.98. The van der Waals surface area contributed by atoms with Gasteiger partial charge in [-0.1, -0.05) is 6.07 Å². The van der Waals surface area contributed by atoms with Gasteiger partial charge in [-0.2, -0.15) is 0 Å². The van der Waals surface area contributed by atoms with Gasteiger partial charge in [0.2, 0.25) is 0 Å². The zero-order chi connectivity index (χ0) is 12.3. The number of aromatic nitrogens is 2. The third-order valence-electron chi connectivity index (χ3n) is 2.58. The first-order chi connectivity index (χ1) is 8.07. The number of aliphatic hydroxyl groups is 1. The van der Waals surface area contributed by atoms with Gasteiger partial charge in [-0.3, -0.25) is 9.97 Å². The van der Waals surface area contributed by atoms with Crippen LogP contribution < -0.4 is 0 Å². The van der Waals surface area contributed by atoms with Gasteiger partial charge in [0.05, 0.1) is 11.8 Å². The first-order valence-electron chi connectivity index (χ1n) is 5.56. The average molecular weight is 227 g/mol. The number of hydrogen-bond donors (Lipinski definition) is 1. The molecule has 0 spiro atoms. The largest absolute Gasteiger partial charge is 0.386 e. The van der Waals surface area contributed by atoms with Crippen molar-refractivity contribution in [1.29, 1.82) is 0 Å². The van der Waals surface area contributed by atoms with E-state index in [-0.39, 0.29) is 0 Å². The minimum Gasteiger partial charge on any atom is -0.386 e. The zero-order valence-corrected chi connectivity index (χ0v) is 10.0. The maximum atomic E-state index is 10.1. The van der Waals surface area contributed by atoms with E-state index in [0.29, 0.717) is 6.42 Å². The van der Waals surface area contributed by atoms with Gasteiger partial charge in [-0.15, -0.1) is 0 Å². The average Bonchev–Trinajstić information content (AvgIpc) is 2.30. The lowest BCUT2D eigenvalue weighted by Gasteiger charge is -2.20. The number of hydrogen-bond acceptors (Lipinski definition) is 3. The molecule has 0 aliphatic heterocycles. The Bertz CT molecular complexity index is 489. The molecule has 2 rings (SSSR count). The summed E-state index contributed by atoms with van der Waals surface area (Å²) in [4.78, 5) is 8.26. The molecule has 1 N–H and O–H groups in total. The highest BCUT2D eigenvalue weighted by Gasteiger charge is 2.20. The summed E-state index contributed by atoms with van der Waals surface area (Å²) in [6, 6.07) is 7.61. The van der Waals surface area contributed by atoms with Gasteiger partial charge in [0, 0.05) is 24.5 Å². The highest BCUT2D eigenvalue weighted by molar-refractivity contribution is 5.31. The van der Waals surface area contributed by atoms with E-state index < -0.39 is 5.60 Å². The van der Waals surface area contributed by atoms with Crippen molar-refractivity contribution in [3.63, 3.8) is 0 Å². The topological polar surface area (TPSA) is 46.0 Å². The molecule has 0 aliphatic carbocycles. The molecule has 0 atom stereocenters. The van der Waals surface area contributed by atoms with Crippen molar-refractivity contribution >= 4 is 0 Å². The molecule has 3 heteroatoms. The second kappa shape index (κ2) is 4.63. The van der Waals surface area contributed by atoms with E-state index >= 15 is 0 Å². The smallest absolute Gasteiger partial charge is 0.0928 e. The normalized spacial score (nSPS) is 11.5. The Kier molecular flexibility index (Phi) is 3.20. The van der Waals surface area contributed by atoms with Crippen LogP contribution in [0, 0.1) is 6.20 Å². The van der Waals surface area contributed by atoms with Crippen LogP contribution >= 0.6 is 0 Å². The quantitative estimate of drug-likeness (QED) is 0.873. The monoisotopic (exact) mass is 227 g/mol. The first kappa shape index (κ1) is 11.7. The summed E-state index contributed by atoms with van der Waals surface area (Å²) in [7, 11) is 0. The summed E-state index contributed by atoms with van der Waals surface area (Å²) < 4.78 is 0. The molecule has 2 heterocycles. The summed E-state index contributed by atoms with van der Waals surface area (Å²) in [5, 5.41) is 10.1. The van der Waals surface area contributed by atoms with E-state index in [0.717, 1.165) is 16.8 Å². The molecule has 0 aliphatic rings. The second-order valence-corrected chi connectivity index (χ2v) is 4.51. The summed E-state index contributed by atoms with van der Waals surface area (Å²) in [5.41, 5.74) is 1.79. The predicted octanol–water partition coefficient (Wildman–Crippen LogP) is 2.09. The Hall–Kier alpha value is -1.74. The Morgan fingerprint density at radius 2 is 2.06 bits per heavy atom. The van der Waals surface area contributed by atoms with Crippen LogP contribution in [-0.2, 0) is 12.0 Å². The third kappa shape index (κ3) is 2.88. The molecule has 1 radical (unpaired) electrons. The molecule has 2 aromatic heterocycles. The maximum absolute atomic E-state index is 10.1. The van der Waals surface area contributed by atoms with Crippen LogP contribution in [0.4, 0.5) is 0 Å². The van der Waals surface area contributed by atoms with Crippen molar-refractivity contribution in [2.24, 2.45) is 0 Å². The van der Waals surface area contributed by atoms with Crippen LogP contribution in [0.5, 0.6) is 0 Å². The molecule has 0 fully saturated rings. The molecule has 0 aromatic carbocycles. The molecule has 0 unspecified atom stereocenters. The van der Waals surface area contributed by atoms with Crippen LogP contribution in [0.25, 0.3) is 0 Å². The predicted molar refractivity (Wildman–Crippen MR) is 65.4 cm³/mol. The molecular formula is C14H15N2O. The van der Waals surface area contributed by atoms with E-state index in [1.165, 1.54) is 0 Å². The van der Waals surface area contributed by atoms with Crippen molar-refractivity contribution in [2.75, 3.05) is 0 Å². The lowest BCUT2D eigenvalue weighted by molar-refractivity contribution is 0.0776. The Morgan fingerprint density at radius 3 is 2.71 bits per heavy atom. The van der Waals surface area contributed by atoms with Gasteiger partial charge in [0.1, 0.15) is 0 Å². The van der Waals surface area contributed by atoms with Crippen LogP contribution in [0.3, 0.4) is 0 Å². The lowest BCUT2D eigenvalue weighted by Crippen LogP contribution is -2.18. The van der Waals surface area contributed by atoms with Crippen LogP contribution in [0.1, 0.15) is 30.7 Å². The highest BCUT2D eigenvalue weighted by atomic mass is 16.3. The summed E-state index contributed by atoms with van der Waals surface area (Å²) in [5.74, 6) is 0. The van der Waals surface area contributed by atoms with Crippen molar-refractivity contribution < 1.29 is 5.11 Å². The Balaban J connectivity index is 2.34. The zero-order valence-electron chi connectivity index (χ0n) is 10.0. The fourth-order valence-corrected chi connectivity index (χ4v) is 1.78. The number of pyridine rings is 2. The second-order valence-electron chi connectivity index (χ2n) is 4.51. The van der Waals surface area contributed by atoms with E-state index in [9.17, 15) is 5.11 Å². The van der Waals surface area contributed by atoms with Crippen molar-refractivity contribution in [1.82, 2.24) is 9.97 Å².